The lowest BCUT2D eigenvalue weighted by atomic mass is 10.1. The minimum Gasteiger partial charge on any atom is -0.461 e. The molecule has 82 valence electrons. The van der Waals surface area contributed by atoms with Gasteiger partial charge in [-0.25, -0.2) is 4.79 Å². The molecule has 15 heavy (non-hydrogen) atoms. The number of anilines is 1. The summed E-state index contributed by atoms with van der Waals surface area (Å²) in [5.41, 5.74) is 7.69. The monoisotopic (exact) mass is 225 g/mol. The summed E-state index contributed by atoms with van der Waals surface area (Å²) >= 11 is 1.65. The summed E-state index contributed by atoms with van der Waals surface area (Å²) in [7, 11) is 0. The predicted molar refractivity (Wildman–Crippen MR) is 64.3 cm³/mol. The number of nitrogen functional groups attached to an aromatic ring is 1. The Balaban J connectivity index is 2.65. The SMILES string of the molecule is CSCCOC(=O)c1ccc(N)cc1C. The zero-order valence-corrected chi connectivity index (χ0v) is 9.76. The van der Waals surface area contributed by atoms with Gasteiger partial charge in [0.05, 0.1) is 5.56 Å². The van der Waals surface area contributed by atoms with Gasteiger partial charge in [0.1, 0.15) is 6.61 Å². The number of ether oxygens (including phenoxy) is 1. The van der Waals surface area contributed by atoms with Gasteiger partial charge in [0.2, 0.25) is 0 Å². The average molecular weight is 225 g/mol. The normalized spacial score (nSPS) is 10.0. The van der Waals surface area contributed by atoms with Crippen molar-refractivity contribution in [1.29, 1.82) is 0 Å². The summed E-state index contributed by atoms with van der Waals surface area (Å²) in [6, 6.07) is 5.18. The van der Waals surface area contributed by atoms with E-state index in [9.17, 15) is 4.79 Å². The van der Waals surface area contributed by atoms with E-state index >= 15 is 0 Å². The van der Waals surface area contributed by atoms with Crippen molar-refractivity contribution in [2.24, 2.45) is 0 Å². The molecule has 2 N–H and O–H groups in total. The van der Waals surface area contributed by atoms with Crippen LogP contribution in [-0.4, -0.2) is 24.6 Å². The van der Waals surface area contributed by atoms with Crippen LogP contribution in [0.5, 0.6) is 0 Å². The molecule has 1 aromatic carbocycles. The van der Waals surface area contributed by atoms with Crippen LogP contribution in [0.25, 0.3) is 0 Å². The Labute approximate surface area is 94.0 Å². The summed E-state index contributed by atoms with van der Waals surface area (Å²) in [5.74, 6) is 0.543. The fourth-order valence-corrected chi connectivity index (χ4v) is 1.46. The number of nitrogens with two attached hydrogens (primary N) is 1. The number of benzene rings is 1. The molecule has 0 spiro atoms. The molecule has 0 heterocycles. The molecule has 0 aliphatic heterocycles. The molecule has 0 unspecified atom stereocenters. The van der Waals surface area contributed by atoms with Crippen molar-refractivity contribution in [3.05, 3.63) is 29.3 Å². The summed E-state index contributed by atoms with van der Waals surface area (Å²) in [6.45, 7) is 2.30. The molecule has 0 atom stereocenters. The van der Waals surface area contributed by atoms with Crippen LogP contribution in [0.2, 0.25) is 0 Å². The highest BCUT2D eigenvalue weighted by atomic mass is 32.2. The molecule has 0 saturated carbocycles. The molecule has 4 heteroatoms. The van der Waals surface area contributed by atoms with Crippen LogP contribution in [0.15, 0.2) is 18.2 Å². The molecular formula is C11H15NO2S. The quantitative estimate of drug-likeness (QED) is 0.484. The molecule has 0 fully saturated rings. The van der Waals surface area contributed by atoms with E-state index in [0.29, 0.717) is 17.9 Å². The number of carbonyl (C=O) groups is 1. The predicted octanol–water partition coefficient (Wildman–Crippen LogP) is 2.10. The van der Waals surface area contributed by atoms with E-state index < -0.39 is 0 Å². The van der Waals surface area contributed by atoms with Gasteiger partial charge in [0.25, 0.3) is 0 Å². The van der Waals surface area contributed by atoms with Crippen molar-refractivity contribution in [1.82, 2.24) is 0 Å². The molecule has 0 amide bonds. The maximum atomic E-state index is 11.6. The number of aryl methyl sites for hydroxylation is 1. The number of rotatable bonds is 4. The van der Waals surface area contributed by atoms with Gasteiger partial charge in [-0.3, -0.25) is 0 Å². The average Bonchev–Trinajstić information content (AvgIpc) is 2.17. The van der Waals surface area contributed by atoms with Crippen molar-refractivity contribution in [2.45, 2.75) is 6.92 Å². The highest BCUT2D eigenvalue weighted by molar-refractivity contribution is 7.98. The molecule has 1 aromatic rings. The van der Waals surface area contributed by atoms with Crippen molar-refractivity contribution in [2.75, 3.05) is 24.3 Å². The van der Waals surface area contributed by atoms with Gasteiger partial charge in [-0.2, -0.15) is 11.8 Å². The van der Waals surface area contributed by atoms with Crippen LogP contribution in [0.1, 0.15) is 15.9 Å². The minimum atomic E-state index is -0.276. The van der Waals surface area contributed by atoms with Crippen molar-refractivity contribution >= 4 is 23.4 Å². The molecule has 0 saturated heterocycles. The summed E-state index contributed by atoms with van der Waals surface area (Å²) in [6.07, 6.45) is 1.97. The Morgan fingerprint density at radius 2 is 2.27 bits per heavy atom. The first kappa shape index (κ1) is 11.9. The van der Waals surface area contributed by atoms with Gasteiger partial charge in [-0.05, 0) is 36.9 Å². The zero-order chi connectivity index (χ0) is 11.3. The van der Waals surface area contributed by atoms with Crippen LogP contribution >= 0.6 is 11.8 Å². The lowest BCUT2D eigenvalue weighted by Crippen LogP contribution is -2.09. The Kier molecular flexibility index (Phi) is 4.49. The highest BCUT2D eigenvalue weighted by Crippen LogP contribution is 2.13. The third-order valence-electron chi connectivity index (χ3n) is 1.99. The molecule has 0 bridgehead atoms. The molecule has 0 aliphatic rings. The van der Waals surface area contributed by atoms with Gasteiger partial charge in [-0.15, -0.1) is 0 Å². The maximum Gasteiger partial charge on any atom is 0.338 e. The van der Waals surface area contributed by atoms with E-state index in [1.807, 2.05) is 13.2 Å². The molecule has 1 rings (SSSR count). The second kappa shape index (κ2) is 5.66. The summed E-state index contributed by atoms with van der Waals surface area (Å²) in [4.78, 5) is 11.6. The van der Waals surface area contributed by atoms with E-state index in [-0.39, 0.29) is 5.97 Å². The molecule has 0 aliphatic carbocycles. The Morgan fingerprint density at radius 3 is 2.87 bits per heavy atom. The van der Waals surface area contributed by atoms with Crippen LogP contribution in [0, 0.1) is 6.92 Å². The molecule has 0 aromatic heterocycles. The van der Waals surface area contributed by atoms with Crippen molar-refractivity contribution in [3.8, 4) is 0 Å². The second-order valence-corrected chi connectivity index (χ2v) is 4.19. The standard InChI is InChI=1S/C11H15NO2S/c1-8-7-9(12)3-4-10(8)11(13)14-5-6-15-2/h3-4,7H,5-6,12H2,1-2H3. The van der Waals surface area contributed by atoms with E-state index in [2.05, 4.69) is 0 Å². The van der Waals surface area contributed by atoms with Crippen molar-refractivity contribution in [3.63, 3.8) is 0 Å². The van der Waals surface area contributed by atoms with Crippen LogP contribution in [0.4, 0.5) is 5.69 Å². The van der Waals surface area contributed by atoms with E-state index in [0.717, 1.165) is 11.3 Å². The zero-order valence-electron chi connectivity index (χ0n) is 8.95. The lowest BCUT2D eigenvalue weighted by molar-refractivity contribution is 0.0529. The van der Waals surface area contributed by atoms with E-state index in [1.54, 1.807) is 30.0 Å². The van der Waals surface area contributed by atoms with E-state index in [1.165, 1.54) is 0 Å². The first-order valence-electron chi connectivity index (χ1n) is 4.67. The number of hydrogen-bond acceptors (Lipinski definition) is 4. The highest BCUT2D eigenvalue weighted by Gasteiger charge is 2.09. The third kappa shape index (κ3) is 3.47. The third-order valence-corrected chi connectivity index (χ3v) is 2.57. The molecular weight excluding hydrogens is 210 g/mol. The number of esters is 1. The topological polar surface area (TPSA) is 52.3 Å². The van der Waals surface area contributed by atoms with Gasteiger partial charge in [-0.1, -0.05) is 0 Å². The summed E-state index contributed by atoms with van der Waals surface area (Å²) in [5, 5.41) is 0. The fraction of sp³-hybridized carbons (Fsp3) is 0.364. The number of thioether (sulfide) groups is 1. The largest absolute Gasteiger partial charge is 0.461 e. The Bertz CT molecular complexity index is 352. The minimum absolute atomic E-state index is 0.276. The first-order chi connectivity index (χ1) is 7.15. The van der Waals surface area contributed by atoms with E-state index in [4.69, 9.17) is 10.5 Å². The smallest absolute Gasteiger partial charge is 0.338 e. The van der Waals surface area contributed by atoms with Gasteiger partial charge in [0.15, 0.2) is 0 Å². The van der Waals surface area contributed by atoms with Gasteiger partial charge in [0, 0.05) is 11.4 Å². The number of carbonyl (C=O) groups excluding carboxylic acids is 1. The number of hydrogen-bond donors (Lipinski definition) is 1. The Hall–Kier alpha value is -1.16. The fourth-order valence-electron chi connectivity index (χ4n) is 1.21. The Morgan fingerprint density at radius 1 is 1.53 bits per heavy atom. The second-order valence-electron chi connectivity index (χ2n) is 3.20. The molecule has 0 radical (unpaired) electrons. The molecule has 3 nitrogen and oxygen atoms in total. The maximum absolute atomic E-state index is 11.6. The van der Waals surface area contributed by atoms with Crippen molar-refractivity contribution < 1.29 is 9.53 Å². The van der Waals surface area contributed by atoms with Gasteiger partial charge >= 0.3 is 5.97 Å². The first-order valence-corrected chi connectivity index (χ1v) is 6.06. The van der Waals surface area contributed by atoms with Crippen LogP contribution in [-0.2, 0) is 4.74 Å². The van der Waals surface area contributed by atoms with Gasteiger partial charge < -0.3 is 10.5 Å². The summed E-state index contributed by atoms with van der Waals surface area (Å²) < 4.78 is 5.09. The van der Waals surface area contributed by atoms with Crippen LogP contribution in [0.3, 0.4) is 0 Å². The lowest BCUT2D eigenvalue weighted by Gasteiger charge is -2.06. The van der Waals surface area contributed by atoms with Crippen LogP contribution < -0.4 is 5.73 Å².